The summed E-state index contributed by atoms with van der Waals surface area (Å²) >= 11 is 6.18. The standard InChI is InChI=1S/C15H21ClN2O/c1-19-15-3-2-11(6-14(15)16)9-18-5-4-12-7-17-8-13(12)10-18/h2-3,6,12-13,17H,4-5,7-10H2,1H3. The lowest BCUT2D eigenvalue weighted by Crippen LogP contribution is -2.39. The summed E-state index contributed by atoms with van der Waals surface area (Å²) in [7, 11) is 1.65. The number of fused-ring (bicyclic) bond motifs is 1. The molecule has 19 heavy (non-hydrogen) atoms. The minimum atomic E-state index is 0.706. The van der Waals surface area contributed by atoms with Gasteiger partial charge in [-0.1, -0.05) is 17.7 Å². The SMILES string of the molecule is COc1ccc(CN2CCC3CNCC3C2)cc1Cl. The van der Waals surface area contributed by atoms with Crippen molar-refractivity contribution >= 4 is 11.6 Å². The number of methoxy groups -OCH3 is 1. The van der Waals surface area contributed by atoms with E-state index in [4.69, 9.17) is 16.3 Å². The molecule has 2 saturated heterocycles. The second-order valence-corrected chi connectivity index (χ2v) is 6.08. The lowest BCUT2D eigenvalue weighted by Gasteiger charge is -2.34. The Morgan fingerprint density at radius 3 is 3.00 bits per heavy atom. The first-order valence-corrected chi connectivity index (χ1v) is 7.39. The minimum absolute atomic E-state index is 0.706. The monoisotopic (exact) mass is 280 g/mol. The molecule has 1 aromatic carbocycles. The highest BCUT2D eigenvalue weighted by atomic mass is 35.5. The third kappa shape index (κ3) is 2.88. The van der Waals surface area contributed by atoms with Crippen molar-refractivity contribution < 1.29 is 4.74 Å². The fourth-order valence-electron chi connectivity index (χ4n) is 3.32. The van der Waals surface area contributed by atoms with Gasteiger partial charge in [-0.2, -0.15) is 0 Å². The second-order valence-electron chi connectivity index (χ2n) is 5.67. The molecule has 104 valence electrons. The zero-order chi connectivity index (χ0) is 13.2. The third-order valence-corrected chi connectivity index (χ3v) is 4.71. The van der Waals surface area contributed by atoms with Crippen molar-refractivity contribution in [2.24, 2.45) is 11.8 Å². The molecule has 2 aliphatic heterocycles. The van der Waals surface area contributed by atoms with Crippen LogP contribution in [0.4, 0.5) is 0 Å². The van der Waals surface area contributed by atoms with Crippen LogP contribution in [-0.4, -0.2) is 38.2 Å². The summed E-state index contributed by atoms with van der Waals surface area (Å²) in [6, 6.07) is 6.10. The van der Waals surface area contributed by atoms with Gasteiger partial charge in [0.1, 0.15) is 5.75 Å². The molecule has 0 aliphatic carbocycles. The average molecular weight is 281 g/mol. The molecule has 2 aliphatic rings. The van der Waals surface area contributed by atoms with E-state index in [1.54, 1.807) is 7.11 Å². The molecule has 0 amide bonds. The molecular weight excluding hydrogens is 260 g/mol. The van der Waals surface area contributed by atoms with Gasteiger partial charge >= 0.3 is 0 Å². The van der Waals surface area contributed by atoms with Gasteiger partial charge in [0.15, 0.2) is 0 Å². The van der Waals surface area contributed by atoms with E-state index in [2.05, 4.69) is 16.3 Å². The van der Waals surface area contributed by atoms with Crippen LogP contribution < -0.4 is 10.1 Å². The van der Waals surface area contributed by atoms with Crippen LogP contribution in [0.5, 0.6) is 5.75 Å². The first kappa shape index (κ1) is 13.2. The number of halogens is 1. The van der Waals surface area contributed by atoms with E-state index < -0.39 is 0 Å². The largest absolute Gasteiger partial charge is 0.495 e. The topological polar surface area (TPSA) is 24.5 Å². The van der Waals surface area contributed by atoms with Gasteiger partial charge in [0.25, 0.3) is 0 Å². The van der Waals surface area contributed by atoms with E-state index in [0.717, 1.165) is 24.1 Å². The number of hydrogen-bond donors (Lipinski definition) is 1. The Morgan fingerprint density at radius 2 is 2.21 bits per heavy atom. The van der Waals surface area contributed by atoms with Crippen LogP contribution in [0.3, 0.4) is 0 Å². The van der Waals surface area contributed by atoms with Gasteiger partial charge in [-0.05, 0) is 55.6 Å². The van der Waals surface area contributed by atoms with Crippen LogP contribution >= 0.6 is 11.6 Å². The van der Waals surface area contributed by atoms with Crippen molar-refractivity contribution in [2.75, 3.05) is 33.3 Å². The van der Waals surface area contributed by atoms with Gasteiger partial charge in [0.2, 0.25) is 0 Å². The van der Waals surface area contributed by atoms with E-state index in [-0.39, 0.29) is 0 Å². The van der Waals surface area contributed by atoms with Crippen LogP contribution in [-0.2, 0) is 6.54 Å². The quantitative estimate of drug-likeness (QED) is 0.920. The molecule has 0 spiro atoms. The number of nitrogens with one attached hydrogen (secondary N) is 1. The van der Waals surface area contributed by atoms with Crippen LogP contribution in [0.15, 0.2) is 18.2 Å². The van der Waals surface area contributed by atoms with Crippen molar-refractivity contribution in [1.29, 1.82) is 0 Å². The summed E-state index contributed by atoms with van der Waals surface area (Å²) in [5.41, 5.74) is 1.27. The molecule has 2 unspecified atom stereocenters. The number of nitrogens with zero attached hydrogens (tertiary/aromatic N) is 1. The highest BCUT2D eigenvalue weighted by Gasteiger charge is 2.32. The molecule has 2 atom stereocenters. The van der Waals surface area contributed by atoms with Gasteiger partial charge in [0, 0.05) is 13.1 Å². The molecule has 0 radical (unpaired) electrons. The molecule has 3 nitrogen and oxygen atoms in total. The molecule has 2 heterocycles. The molecule has 0 bridgehead atoms. The van der Waals surface area contributed by atoms with Crippen LogP contribution in [0.25, 0.3) is 0 Å². The maximum Gasteiger partial charge on any atom is 0.137 e. The number of ether oxygens (including phenoxy) is 1. The Bertz CT molecular complexity index is 452. The van der Waals surface area contributed by atoms with Crippen LogP contribution in [0.2, 0.25) is 5.02 Å². The number of hydrogen-bond acceptors (Lipinski definition) is 3. The highest BCUT2D eigenvalue weighted by molar-refractivity contribution is 6.32. The summed E-state index contributed by atoms with van der Waals surface area (Å²) in [5, 5.41) is 4.21. The summed E-state index contributed by atoms with van der Waals surface area (Å²) < 4.78 is 5.19. The summed E-state index contributed by atoms with van der Waals surface area (Å²) in [4.78, 5) is 2.55. The van der Waals surface area contributed by atoms with Gasteiger partial charge in [-0.15, -0.1) is 0 Å². The minimum Gasteiger partial charge on any atom is -0.495 e. The zero-order valence-electron chi connectivity index (χ0n) is 11.4. The van der Waals surface area contributed by atoms with Crippen LogP contribution in [0, 0.1) is 11.8 Å². The molecule has 1 aromatic rings. The van der Waals surface area contributed by atoms with Gasteiger partial charge in [-0.25, -0.2) is 0 Å². The number of benzene rings is 1. The van der Waals surface area contributed by atoms with E-state index in [0.29, 0.717) is 5.02 Å². The number of likely N-dealkylation sites (tertiary alicyclic amines) is 1. The Hall–Kier alpha value is -0.770. The van der Waals surface area contributed by atoms with E-state index >= 15 is 0 Å². The predicted molar refractivity (Wildman–Crippen MR) is 77.7 cm³/mol. The molecule has 1 N–H and O–H groups in total. The smallest absolute Gasteiger partial charge is 0.137 e. The van der Waals surface area contributed by atoms with E-state index in [9.17, 15) is 0 Å². The Morgan fingerprint density at radius 1 is 1.37 bits per heavy atom. The van der Waals surface area contributed by atoms with E-state index in [1.807, 2.05) is 12.1 Å². The molecule has 2 fully saturated rings. The molecule has 0 aromatic heterocycles. The number of piperidine rings is 1. The van der Waals surface area contributed by atoms with Crippen molar-refractivity contribution in [2.45, 2.75) is 13.0 Å². The van der Waals surface area contributed by atoms with Crippen molar-refractivity contribution in [3.05, 3.63) is 28.8 Å². The lowest BCUT2D eigenvalue weighted by atomic mass is 9.88. The molecule has 0 saturated carbocycles. The van der Waals surface area contributed by atoms with Gasteiger partial charge < -0.3 is 10.1 Å². The summed E-state index contributed by atoms with van der Waals surface area (Å²) in [6.45, 7) is 5.80. The third-order valence-electron chi connectivity index (χ3n) is 4.41. The second kappa shape index (κ2) is 5.70. The van der Waals surface area contributed by atoms with Crippen molar-refractivity contribution in [3.8, 4) is 5.75 Å². The first-order chi connectivity index (χ1) is 9.26. The normalized spacial score (nSPS) is 27.3. The van der Waals surface area contributed by atoms with Gasteiger partial charge in [0.05, 0.1) is 12.1 Å². The Kier molecular flexibility index (Phi) is 3.96. The summed E-state index contributed by atoms with van der Waals surface area (Å²) in [6.07, 6.45) is 1.32. The van der Waals surface area contributed by atoms with E-state index in [1.165, 1.54) is 38.2 Å². The van der Waals surface area contributed by atoms with Crippen molar-refractivity contribution in [3.63, 3.8) is 0 Å². The average Bonchev–Trinajstić information content (AvgIpc) is 2.86. The summed E-state index contributed by atoms with van der Waals surface area (Å²) in [5.74, 6) is 2.49. The zero-order valence-corrected chi connectivity index (χ0v) is 12.1. The Balaban J connectivity index is 1.63. The van der Waals surface area contributed by atoms with Crippen LogP contribution in [0.1, 0.15) is 12.0 Å². The number of rotatable bonds is 3. The molecule has 4 heteroatoms. The molecular formula is C15H21ClN2O. The highest BCUT2D eigenvalue weighted by Crippen LogP contribution is 2.29. The maximum absolute atomic E-state index is 6.18. The Labute approximate surface area is 119 Å². The fourth-order valence-corrected chi connectivity index (χ4v) is 3.60. The fraction of sp³-hybridized carbons (Fsp3) is 0.600. The maximum atomic E-state index is 6.18. The van der Waals surface area contributed by atoms with Crippen molar-refractivity contribution in [1.82, 2.24) is 10.2 Å². The van der Waals surface area contributed by atoms with Gasteiger partial charge in [-0.3, -0.25) is 4.90 Å². The lowest BCUT2D eigenvalue weighted by molar-refractivity contribution is 0.142. The first-order valence-electron chi connectivity index (χ1n) is 7.02. The predicted octanol–water partition coefficient (Wildman–Crippen LogP) is 2.39. The molecule has 3 rings (SSSR count).